The molecule has 22 heavy (non-hydrogen) atoms. The zero-order valence-corrected chi connectivity index (χ0v) is 12.4. The van der Waals surface area contributed by atoms with Gasteiger partial charge in [-0.3, -0.25) is 0 Å². The normalized spacial score (nSPS) is 22.3. The van der Waals surface area contributed by atoms with Gasteiger partial charge in [-0.15, -0.1) is 0 Å². The highest BCUT2D eigenvalue weighted by Gasteiger charge is 2.40. The van der Waals surface area contributed by atoms with Gasteiger partial charge in [-0.05, 0) is 25.0 Å². The van der Waals surface area contributed by atoms with E-state index in [1.807, 2.05) is 0 Å². The summed E-state index contributed by atoms with van der Waals surface area (Å²) in [6.45, 7) is 3.87. The molecule has 6 heteroatoms. The molecule has 0 aromatic heterocycles. The van der Waals surface area contributed by atoms with Crippen LogP contribution in [0, 0.1) is 17.0 Å². The minimum atomic E-state index is -0.659. The maximum absolute atomic E-state index is 13.6. The molecule has 1 aromatic carbocycles. The minimum Gasteiger partial charge on any atom is -0.487 e. The number of rotatable bonds is 5. The Kier molecular flexibility index (Phi) is 4.61. The van der Waals surface area contributed by atoms with Crippen molar-refractivity contribution in [3.8, 4) is 5.75 Å². The van der Waals surface area contributed by atoms with Crippen LogP contribution in [0.1, 0.15) is 12.8 Å². The van der Waals surface area contributed by atoms with Crippen molar-refractivity contribution in [2.75, 3.05) is 39.5 Å². The van der Waals surface area contributed by atoms with Crippen molar-refractivity contribution >= 4 is 0 Å². The maximum atomic E-state index is 13.6. The fraction of sp³-hybridized carbons (Fsp3) is 0.625. The van der Waals surface area contributed by atoms with Gasteiger partial charge in [0.2, 0.25) is 0 Å². The van der Waals surface area contributed by atoms with E-state index in [2.05, 4.69) is 4.90 Å². The van der Waals surface area contributed by atoms with Gasteiger partial charge in [-0.1, -0.05) is 0 Å². The first-order valence-electron chi connectivity index (χ1n) is 7.63. The molecule has 122 valence electrons. The highest BCUT2D eigenvalue weighted by atomic mass is 19.1. The molecular formula is C16H21F2NO3. The summed E-state index contributed by atoms with van der Waals surface area (Å²) in [5.74, 6) is -1.15. The molecule has 2 aliphatic rings. The van der Waals surface area contributed by atoms with Crippen LogP contribution in [0.3, 0.4) is 0 Å². The van der Waals surface area contributed by atoms with Gasteiger partial charge in [0.15, 0.2) is 11.6 Å². The average Bonchev–Trinajstić information content (AvgIpc) is 2.47. The summed E-state index contributed by atoms with van der Waals surface area (Å²) < 4.78 is 37.3. The third kappa shape index (κ3) is 3.39. The second kappa shape index (κ2) is 6.48. The first-order valence-corrected chi connectivity index (χ1v) is 7.63. The van der Waals surface area contributed by atoms with Crippen LogP contribution < -0.4 is 4.74 Å². The molecule has 2 heterocycles. The number of halogens is 2. The Morgan fingerprint density at radius 2 is 2.00 bits per heavy atom. The summed E-state index contributed by atoms with van der Waals surface area (Å²) in [5.41, 5.74) is -0.114. The topological polar surface area (TPSA) is 41.9 Å². The van der Waals surface area contributed by atoms with E-state index in [4.69, 9.17) is 9.47 Å². The lowest BCUT2D eigenvalue weighted by atomic mass is 9.86. The van der Waals surface area contributed by atoms with Crippen LogP contribution in [0.2, 0.25) is 0 Å². The largest absolute Gasteiger partial charge is 0.487 e. The van der Waals surface area contributed by atoms with Gasteiger partial charge in [0, 0.05) is 25.7 Å². The smallest absolute Gasteiger partial charge is 0.167 e. The highest BCUT2D eigenvalue weighted by Crippen LogP contribution is 2.30. The molecule has 0 saturated carbocycles. The quantitative estimate of drug-likeness (QED) is 0.900. The van der Waals surface area contributed by atoms with Crippen LogP contribution in [-0.4, -0.2) is 55.6 Å². The summed E-state index contributed by atoms with van der Waals surface area (Å²) in [4.78, 5) is 2.29. The number of likely N-dealkylation sites (tertiary alicyclic amines) is 1. The Hall–Kier alpha value is -1.24. The van der Waals surface area contributed by atoms with Gasteiger partial charge in [-0.25, -0.2) is 8.78 Å². The number of nitrogens with zero attached hydrogens (tertiary/aromatic N) is 1. The van der Waals surface area contributed by atoms with Crippen molar-refractivity contribution in [1.82, 2.24) is 4.90 Å². The van der Waals surface area contributed by atoms with Crippen molar-refractivity contribution in [3.63, 3.8) is 0 Å². The molecule has 0 amide bonds. The van der Waals surface area contributed by atoms with E-state index in [0.29, 0.717) is 13.2 Å². The Bertz CT molecular complexity index is 509. The van der Waals surface area contributed by atoms with Gasteiger partial charge < -0.3 is 19.5 Å². The maximum Gasteiger partial charge on any atom is 0.167 e. The summed E-state index contributed by atoms with van der Waals surface area (Å²) >= 11 is 0. The van der Waals surface area contributed by atoms with Crippen LogP contribution in [-0.2, 0) is 4.74 Å². The molecule has 2 aliphatic heterocycles. The van der Waals surface area contributed by atoms with E-state index in [1.165, 1.54) is 12.1 Å². The minimum absolute atomic E-state index is 0.0565. The first-order chi connectivity index (χ1) is 10.6. The summed E-state index contributed by atoms with van der Waals surface area (Å²) in [6, 6.07) is 3.38. The second-order valence-electron chi connectivity index (χ2n) is 6.32. The van der Waals surface area contributed by atoms with Crippen LogP contribution in [0.25, 0.3) is 0 Å². The first kappa shape index (κ1) is 15.6. The summed E-state index contributed by atoms with van der Waals surface area (Å²) in [5, 5.41) is 9.46. The van der Waals surface area contributed by atoms with E-state index < -0.39 is 11.6 Å². The standard InChI is InChI=1S/C16H21F2NO3/c17-12-1-2-15(14(18)7-12)22-13-3-5-19(6-4-13)8-16(9-20)10-21-11-16/h1-2,7,13,20H,3-6,8-11H2. The van der Waals surface area contributed by atoms with E-state index in [9.17, 15) is 13.9 Å². The monoisotopic (exact) mass is 313 g/mol. The number of aliphatic hydroxyl groups excluding tert-OH is 1. The Balaban J connectivity index is 1.49. The fourth-order valence-corrected chi connectivity index (χ4v) is 3.03. The molecule has 2 saturated heterocycles. The molecule has 4 nitrogen and oxygen atoms in total. The van der Waals surface area contributed by atoms with E-state index in [1.54, 1.807) is 0 Å². The molecule has 0 aliphatic carbocycles. The van der Waals surface area contributed by atoms with Crippen molar-refractivity contribution in [2.24, 2.45) is 5.41 Å². The molecule has 3 rings (SSSR count). The number of aliphatic hydroxyl groups is 1. The molecule has 0 atom stereocenters. The third-order valence-electron chi connectivity index (χ3n) is 4.43. The fourth-order valence-electron chi connectivity index (χ4n) is 3.03. The average molecular weight is 313 g/mol. The van der Waals surface area contributed by atoms with Crippen LogP contribution in [0.5, 0.6) is 5.75 Å². The predicted octanol–water partition coefficient (Wildman–Crippen LogP) is 1.82. The van der Waals surface area contributed by atoms with E-state index in [0.717, 1.165) is 38.5 Å². The number of ether oxygens (including phenoxy) is 2. The molecule has 1 aromatic rings. The Morgan fingerprint density at radius 3 is 2.55 bits per heavy atom. The van der Waals surface area contributed by atoms with Crippen LogP contribution >= 0.6 is 0 Å². The van der Waals surface area contributed by atoms with Crippen molar-refractivity contribution in [1.29, 1.82) is 0 Å². The molecule has 0 spiro atoms. The van der Waals surface area contributed by atoms with Crippen LogP contribution in [0.15, 0.2) is 18.2 Å². The van der Waals surface area contributed by atoms with Gasteiger partial charge in [0.1, 0.15) is 11.9 Å². The molecule has 1 N–H and O–H groups in total. The molecule has 0 unspecified atom stereocenters. The predicted molar refractivity (Wildman–Crippen MR) is 76.8 cm³/mol. The van der Waals surface area contributed by atoms with Crippen LogP contribution in [0.4, 0.5) is 8.78 Å². The third-order valence-corrected chi connectivity index (χ3v) is 4.43. The van der Waals surface area contributed by atoms with Gasteiger partial charge >= 0.3 is 0 Å². The van der Waals surface area contributed by atoms with Crippen molar-refractivity contribution in [3.05, 3.63) is 29.8 Å². The summed E-state index contributed by atoms with van der Waals surface area (Å²) in [6.07, 6.45) is 1.53. The van der Waals surface area contributed by atoms with Gasteiger partial charge in [0.05, 0.1) is 25.2 Å². The van der Waals surface area contributed by atoms with Crippen molar-refractivity contribution in [2.45, 2.75) is 18.9 Å². The Labute approximate surface area is 128 Å². The SMILES string of the molecule is OCC1(CN2CCC(Oc3ccc(F)cc3F)CC2)COC1. The highest BCUT2D eigenvalue weighted by molar-refractivity contribution is 5.25. The number of piperidine rings is 1. The Morgan fingerprint density at radius 1 is 1.27 bits per heavy atom. The van der Waals surface area contributed by atoms with E-state index in [-0.39, 0.29) is 23.9 Å². The molecule has 2 fully saturated rings. The summed E-state index contributed by atoms with van der Waals surface area (Å²) in [7, 11) is 0. The lowest BCUT2D eigenvalue weighted by Gasteiger charge is -2.44. The second-order valence-corrected chi connectivity index (χ2v) is 6.32. The molecule has 0 bridgehead atoms. The zero-order valence-electron chi connectivity index (χ0n) is 12.4. The lowest BCUT2D eigenvalue weighted by Crippen LogP contribution is -2.55. The van der Waals surface area contributed by atoms with Crippen molar-refractivity contribution < 1.29 is 23.4 Å². The molecular weight excluding hydrogens is 292 g/mol. The molecule has 0 radical (unpaired) electrons. The van der Waals surface area contributed by atoms with Gasteiger partial charge in [0.25, 0.3) is 0 Å². The van der Waals surface area contributed by atoms with E-state index >= 15 is 0 Å². The lowest BCUT2D eigenvalue weighted by molar-refractivity contribution is -0.150. The van der Waals surface area contributed by atoms with Gasteiger partial charge in [-0.2, -0.15) is 0 Å². The number of hydrogen-bond donors (Lipinski definition) is 1. The number of benzene rings is 1. The zero-order chi connectivity index (χ0) is 15.6. The number of hydrogen-bond acceptors (Lipinski definition) is 4.